The van der Waals surface area contributed by atoms with E-state index in [1.807, 2.05) is 12.4 Å². The van der Waals surface area contributed by atoms with Gasteiger partial charge in [-0.05, 0) is 56.7 Å². The quantitative estimate of drug-likeness (QED) is 0.912. The predicted molar refractivity (Wildman–Crippen MR) is 99.7 cm³/mol. The molecule has 25 heavy (non-hydrogen) atoms. The van der Waals surface area contributed by atoms with Gasteiger partial charge in [0.25, 0.3) is 0 Å². The summed E-state index contributed by atoms with van der Waals surface area (Å²) in [5.41, 5.74) is 1.83. The number of rotatable bonds is 4. The van der Waals surface area contributed by atoms with E-state index in [4.69, 9.17) is 4.74 Å². The Labute approximate surface area is 151 Å². The SMILES string of the molecule is c1cc(N2CCC(CN[C@@H]3[C@H]4CCO[C@@H]4C34CCCC4)CC2)ccn1. The first-order valence-electron chi connectivity index (χ1n) is 10.4. The second-order valence-electron chi connectivity index (χ2n) is 8.71. The zero-order chi connectivity index (χ0) is 16.7. The molecule has 4 fully saturated rings. The number of ether oxygens (including phenoxy) is 1. The lowest BCUT2D eigenvalue weighted by atomic mass is 9.54. The number of pyridine rings is 1. The van der Waals surface area contributed by atoms with Gasteiger partial charge in [0, 0.05) is 55.2 Å². The minimum Gasteiger partial charge on any atom is -0.377 e. The summed E-state index contributed by atoms with van der Waals surface area (Å²) in [5.74, 6) is 1.63. The minimum atomic E-state index is 0.499. The average molecular weight is 341 g/mol. The third kappa shape index (κ3) is 2.69. The molecule has 1 N–H and O–H groups in total. The third-order valence-corrected chi connectivity index (χ3v) is 7.55. The zero-order valence-electron chi connectivity index (χ0n) is 15.2. The minimum absolute atomic E-state index is 0.499. The molecule has 3 heterocycles. The van der Waals surface area contributed by atoms with Gasteiger partial charge in [0.05, 0.1) is 6.10 Å². The van der Waals surface area contributed by atoms with Crippen molar-refractivity contribution in [2.24, 2.45) is 17.3 Å². The molecule has 3 atom stereocenters. The molecule has 5 rings (SSSR count). The Kier molecular flexibility index (Phi) is 4.21. The molecule has 4 aliphatic rings. The Hall–Kier alpha value is -1.13. The molecule has 0 bridgehead atoms. The number of piperidine rings is 1. The molecule has 0 radical (unpaired) electrons. The Balaban J connectivity index is 1.15. The normalized spacial score (nSPS) is 34.2. The molecule has 136 valence electrons. The first-order chi connectivity index (χ1) is 12.4. The van der Waals surface area contributed by atoms with Crippen LogP contribution in [0.5, 0.6) is 0 Å². The van der Waals surface area contributed by atoms with E-state index in [2.05, 4.69) is 27.3 Å². The van der Waals surface area contributed by atoms with E-state index in [0.29, 0.717) is 11.5 Å². The second-order valence-corrected chi connectivity index (χ2v) is 8.71. The summed E-state index contributed by atoms with van der Waals surface area (Å²) in [7, 11) is 0. The van der Waals surface area contributed by atoms with Gasteiger partial charge in [-0.15, -0.1) is 0 Å². The topological polar surface area (TPSA) is 37.4 Å². The molecule has 1 aromatic heterocycles. The molecule has 2 saturated heterocycles. The van der Waals surface area contributed by atoms with Crippen LogP contribution >= 0.6 is 0 Å². The molecular weight excluding hydrogens is 310 g/mol. The van der Waals surface area contributed by atoms with Crippen molar-refractivity contribution in [3.63, 3.8) is 0 Å². The van der Waals surface area contributed by atoms with Crippen molar-refractivity contribution in [3.05, 3.63) is 24.5 Å². The van der Waals surface area contributed by atoms with E-state index < -0.39 is 0 Å². The van der Waals surface area contributed by atoms with Crippen LogP contribution in [0.1, 0.15) is 44.9 Å². The van der Waals surface area contributed by atoms with Crippen LogP contribution in [-0.2, 0) is 4.74 Å². The summed E-state index contributed by atoms with van der Waals surface area (Å²) in [6.45, 7) is 4.57. The third-order valence-electron chi connectivity index (χ3n) is 7.55. The van der Waals surface area contributed by atoms with Crippen molar-refractivity contribution < 1.29 is 4.74 Å². The molecule has 2 aliphatic heterocycles. The molecular formula is C21H31N3O. The van der Waals surface area contributed by atoms with E-state index in [9.17, 15) is 0 Å². The molecule has 1 aromatic rings. The highest BCUT2D eigenvalue weighted by Crippen LogP contribution is 2.60. The summed E-state index contributed by atoms with van der Waals surface area (Å²) < 4.78 is 6.12. The molecule has 2 aliphatic carbocycles. The van der Waals surface area contributed by atoms with Gasteiger partial charge in [-0.2, -0.15) is 0 Å². The van der Waals surface area contributed by atoms with E-state index in [0.717, 1.165) is 24.5 Å². The van der Waals surface area contributed by atoms with Crippen LogP contribution in [0.4, 0.5) is 5.69 Å². The Morgan fingerprint density at radius 1 is 1.12 bits per heavy atom. The van der Waals surface area contributed by atoms with Crippen molar-refractivity contribution in [1.82, 2.24) is 10.3 Å². The highest BCUT2D eigenvalue weighted by atomic mass is 16.5. The highest BCUT2D eigenvalue weighted by molar-refractivity contribution is 5.44. The van der Waals surface area contributed by atoms with Gasteiger partial charge in [-0.1, -0.05) is 12.8 Å². The summed E-state index contributed by atoms with van der Waals surface area (Å²) in [6, 6.07) is 5.01. The maximum atomic E-state index is 6.12. The standard InChI is InChI=1S/C21H31N3O/c1-2-9-21(8-1)19(18-7-14-25-20(18)21)23-15-16-5-12-24(13-6-16)17-3-10-22-11-4-17/h3-4,10-11,16,18-20,23H,1-2,5-9,12-15H2/t18-,19-,20+/m1/s1. The lowest BCUT2D eigenvalue weighted by Gasteiger charge is -2.57. The number of nitrogens with zero attached hydrogens (tertiary/aromatic N) is 2. The number of aromatic nitrogens is 1. The maximum Gasteiger partial charge on any atom is 0.0690 e. The lowest BCUT2D eigenvalue weighted by Crippen LogP contribution is -2.67. The van der Waals surface area contributed by atoms with Crippen LogP contribution < -0.4 is 10.2 Å². The molecule has 2 saturated carbocycles. The van der Waals surface area contributed by atoms with E-state index in [1.54, 1.807) is 0 Å². The van der Waals surface area contributed by atoms with E-state index in [-0.39, 0.29) is 0 Å². The second kappa shape index (κ2) is 6.55. The van der Waals surface area contributed by atoms with Crippen LogP contribution in [0.3, 0.4) is 0 Å². The summed E-state index contributed by atoms with van der Waals surface area (Å²) >= 11 is 0. The lowest BCUT2D eigenvalue weighted by molar-refractivity contribution is -0.131. The number of anilines is 1. The number of hydrogen-bond acceptors (Lipinski definition) is 4. The average Bonchev–Trinajstić information content (AvgIpc) is 3.32. The number of hydrogen-bond donors (Lipinski definition) is 1. The van der Waals surface area contributed by atoms with Crippen molar-refractivity contribution in [2.45, 2.75) is 57.1 Å². The Morgan fingerprint density at radius 2 is 1.88 bits per heavy atom. The number of fused-ring (bicyclic) bond motifs is 2. The first-order valence-corrected chi connectivity index (χ1v) is 10.4. The van der Waals surface area contributed by atoms with Crippen molar-refractivity contribution in [2.75, 3.05) is 31.1 Å². The molecule has 4 heteroatoms. The monoisotopic (exact) mass is 341 g/mol. The van der Waals surface area contributed by atoms with Gasteiger partial charge in [-0.3, -0.25) is 4.98 Å². The molecule has 0 amide bonds. The largest absolute Gasteiger partial charge is 0.377 e. The molecule has 0 aromatic carbocycles. The first kappa shape index (κ1) is 16.1. The number of nitrogens with one attached hydrogen (secondary N) is 1. The van der Waals surface area contributed by atoms with Gasteiger partial charge >= 0.3 is 0 Å². The van der Waals surface area contributed by atoms with Gasteiger partial charge in [0.1, 0.15) is 0 Å². The fourth-order valence-electron chi connectivity index (χ4n) is 6.25. The van der Waals surface area contributed by atoms with E-state index in [1.165, 1.54) is 70.3 Å². The van der Waals surface area contributed by atoms with E-state index >= 15 is 0 Å². The van der Waals surface area contributed by atoms with Crippen LogP contribution in [-0.4, -0.2) is 43.4 Å². The maximum absolute atomic E-state index is 6.12. The van der Waals surface area contributed by atoms with Crippen molar-refractivity contribution >= 4 is 5.69 Å². The van der Waals surface area contributed by atoms with Crippen LogP contribution in [0, 0.1) is 17.3 Å². The van der Waals surface area contributed by atoms with Crippen LogP contribution in [0.25, 0.3) is 0 Å². The summed E-state index contributed by atoms with van der Waals surface area (Å²) in [5, 5.41) is 4.04. The van der Waals surface area contributed by atoms with Gasteiger partial charge in [0.2, 0.25) is 0 Å². The highest BCUT2D eigenvalue weighted by Gasteiger charge is 2.64. The fourth-order valence-corrected chi connectivity index (χ4v) is 6.25. The molecule has 4 nitrogen and oxygen atoms in total. The molecule has 0 unspecified atom stereocenters. The smallest absolute Gasteiger partial charge is 0.0690 e. The van der Waals surface area contributed by atoms with Gasteiger partial charge in [0.15, 0.2) is 0 Å². The molecule has 1 spiro atoms. The Bertz CT molecular complexity index is 578. The van der Waals surface area contributed by atoms with Crippen LogP contribution in [0.2, 0.25) is 0 Å². The van der Waals surface area contributed by atoms with Crippen LogP contribution in [0.15, 0.2) is 24.5 Å². The van der Waals surface area contributed by atoms with Gasteiger partial charge in [-0.25, -0.2) is 0 Å². The zero-order valence-corrected chi connectivity index (χ0v) is 15.2. The summed E-state index contributed by atoms with van der Waals surface area (Å²) in [6.07, 6.45) is 13.9. The fraction of sp³-hybridized carbons (Fsp3) is 0.762. The predicted octanol–water partition coefficient (Wildman–Crippen LogP) is 3.24. The van der Waals surface area contributed by atoms with Gasteiger partial charge < -0.3 is 15.0 Å². The van der Waals surface area contributed by atoms with Crippen molar-refractivity contribution in [3.8, 4) is 0 Å². The van der Waals surface area contributed by atoms with Crippen molar-refractivity contribution in [1.29, 1.82) is 0 Å². The Morgan fingerprint density at radius 3 is 2.64 bits per heavy atom. The summed E-state index contributed by atoms with van der Waals surface area (Å²) in [4.78, 5) is 6.65.